The van der Waals surface area contributed by atoms with Crippen molar-refractivity contribution in [1.29, 1.82) is 0 Å². The van der Waals surface area contributed by atoms with Crippen LogP contribution in [0.3, 0.4) is 0 Å². The van der Waals surface area contributed by atoms with Crippen molar-refractivity contribution in [2.24, 2.45) is 0 Å². The van der Waals surface area contributed by atoms with Crippen LogP contribution in [0.2, 0.25) is 0 Å². The Balaban J connectivity index is 2.01. The molecule has 0 unspecified atom stereocenters. The number of rotatable bonds is 4. The molecule has 2 N–H and O–H groups in total. The van der Waals surface area contributed by atoms with Gasteiger partial charge in [-0.1, -0.05) is 0 Å². The SMILES string of the molecule is CN(C)C1(CNC(=O)Nc2cc(F)cc(C(F)(F)F)c2)CCOCC1. The highest BCUT2D eigenvalue weighted by molar-refractivity contribution is 5.89. The van der Waals surface area contributed by atoms with Crippen molar-refractivity contribution >= 4 is 11.7 Å². The largest absolute Gasteiger partial charge is 0.416 e. The predicted octanol–water partition coefficient (Wildman–Crippen LogP) is 3.08. The minimum absolute atomic E-state index is 0.254. The third-order valence-corrected chi connectivity index (χ3v) is 4.43. The summed E-state index contributed by atoms with van der Waals surface area (Å²) < 4.78 is 56.8. The van der Waals surface area contributed by atoms with Gasteiger partial charge in [-0.05, 0) is 45.1 Å². The standard InChI is InChI=1S/C16H21F4N3O2/c1-23(2)15(3-5-25-6-4-15)10-21-14(24)22-13-8-11(16(18,19)20)7-12(17)9-13/h7-9H,3-6,10H2,1-2H3,(H2,21,22,24). The second kappa shape index (κ2) is 7.57. The fourth-order valence-electron chi connectivity index (χ4n) is 2.78. The molecule has 0 bridgehead atoms. The molecule has 1 aromatic carbocycles. The molecule has 5 nitrogen and oxygen atoms in total. The summed E-state index contributed by atoms with van der Waals surface area (Å²) >= 11 is 0. The van der Waals surface area contributed by atoms with Crippen LogP contribution in [0.15, 0.2) is 18.2 Å². The summed E-state index contributed by atoms with van der Waals surface area (Å²) in [5.41, 5.74) is -1.69. The van der Waals surface area contributed by atoms with E-state index in [1.165, 1.54) is 0 Å². The van der Waals surface area contributed by atoms with Gasteiger partial charge in [0.1, 0.15) is 5.82 Å². The molecule has 1 aromatic rings. The summed E-state index contributed by atoms with van der Waals surface area (Å²) in [4.78, 5) is 14.0. The first-order chi connectivity index (χ1) is 11.6. The van der Waals surface area contributed by atoms with Gasteiger partial charge in [-0.15, -0.1) is 0 Å². The van der Waals surface area contributed by atoms with Crippen LogP contribution in [0.1, 0.15) is 18.4 Å². The lowest BCUT2D eigenvalue weighted by Crippen LogP contribution is -2.56. The summed E-state index contributed by atoms with van der Waals surface area (Å²) in [6, 6.07) is 1.22. The molecule has 2 amide bonds. The molecule has 25 heavy (non-hydrogen) atoms. The molecule has 1 fully saturated rings. The first-order valence-electron chi connectivity index (χ1n) is 7.80. The Morgan fingerprint density at radius 1 is 1.24 bits per heavy atom. The molecule has 1 heterocycles. The lowest BCUT2D eigenvalue weighted by atomic mass is 9.88. The zero-order valence-corrected chi connectivity index (χ0v) is 14.0. The number of urea groups is 1. The number of carbonyl (C=O) groups excluding carboxylic acids is 1. The van der Waals surface area contributed by atoms with Crippen LogP contribution in [0.4, 0.5) is 28.0 Å². The van der Waals surface area contributed by atoms with Crippen molar-refractivity contribution in [3.05, 3.63) is 29.6 Å². The van der Waals surface area contributed by atoms with E-state index in [1.807, 2.05) is 19.0 Å². The van der Waals surface area contributed by atoms with E-state index in [9.17, 15) is 22.4 Å². The van der Waals surface area contributed by atoms with Crippen molar-refractivity contribution in [3.63, 3.8) is 0 Å². The Labute approximate surface area is 143 Å². The van der Waals surface area contributed by atoms with E-state index in [1.54, 1.807) is 0 Å². The van der Waals surface area contributed by atoms with Gasteiger partial charge in [-0.3, -0.25) is 0 Å². The zero-order chi connectivity index (χ0) is 18.7. The monoisotopic (exact) mass is 363 g/mol. The van der Waals surface area contributed by atoms with E-state index in [0.29, 0.717) is 31.9 Å². The number of carbonyl (C=O) groups is 1. The van der Waals surface area contributed by atoms with Crippen LogP contribution in [0.5, 0.6) is 0 Å². The fraction of sp³-hybridized carbons (Fsp3) is 0.562. The van der Waals surface area contributed by atoms with Gasteiger partial charge in [0.25, 0.3) is 0 Å². The van der Waals surface area contributed by atoms with Crippen molar-refractivity contribution in [1.82, 2.24) is 10.2 Å². The molecular formula is C16H21F4N3O2. The summed E-state index contributed by atoms with van der Waals surface area (Å²) in [6.07, 6.45) is -3.25. The molecule has 1 aliphatic rings. The molecular weight excluding hydrogens is 342 g/mol. The van der Waals surface area contributed by atoms with Gasteiger partial charge in [0.15, 0.2) is 0 Å². The summed E-state index contributed by atoms with van der Waals surface area (Å²) in [6.45, 7) is 1.44. The summed E-state index contributed by atoms with van der Waals surface area (Å²) in [5, 5.41) is 4.90. The molecule has 0 atom stereocenters. The van der Waals surface area contributed by atoms with E-state index < -0.39 is 23.6 Å². The second-order valence-electron chi connectivity index (χ2n) is 6.27. The molecule has 0 aliphatic carbocycles. The van der Waals surface area contributed by atoms with Crippen LogP contribution in [-0.4, -0.2) is 50.3 Å². The molecule has 0 saturated carbocycles. The Kier molecular flexibility index (Phi) is 5.89. The highest BCUT2D eigenvalue weighted by Crippen LogP contribution is 2.31. The number of amides is 2. The number of alkyl halides is 3. The Morgan fingerprint density at radius 3 is 2.44 bits per heavy atom. The van der Waals surface area contributed by atoms with Crippen LogP contribution >= 0.6 is 0 Å². The van der Waals surface area contributed by atoms with Crippen LogP contribution < -0.4 is 10.6 Å². The van der Waals surface area contributed by atoms with Gasteiger partial charge in [0, 0.05) is 31.0 Å². The van der Waals surface area contributed by atoms with E-state index >= 15 is 0 Å². The topological polar surface area (TPSA) is 53.6 Å². The van der Waals surface area contributed by atoms with Gasteiger partial charge in [0.05, 0.1) is 5.56 Å². The zero-order valence-electron chi connectivity index (χ0n) is 14.0. The first kappa shape index (κ1) is 19.5. The highest BCUT2D eigenvalue weighted by Gasteiger charge is 2.35. The normalized spacial score (nSPS) is 17.4. The molecule has 9 heteroatoms. The number of ether oxygens (including phenoxy) is 1. The fourth-order valence-corrected chi connectivity index (χ4v) is 2.78. The van der Waals surface area contributed by atoms with E-state index in [4.69, 9.17) is 4.74 Å². The number of anilines is 1. The quantitative estimate of drug-likeness (QED) is 0.809. The molecule has 0 radical (unpaired) electrons. The van der Waals surface area contributed by atoms with E-state index in [-0.39, 0.29) is 11.2 Å². The first-order valence-corrected chi connectivity index (χ1v) is 7.80. The van der Waals surface area contributed by atoms with Crippen molar-refractivity contribution in [3.8, 4) is 0 Å². The van der Waals surface area contributed by atoms with Gasteiger partial charge in [-0.2, -0.15) is 13.2 Å². The predicted molar refractivity (Wildman–Crippen MR) is 84.9 cm³/mol. The van der Waals surface area contributed by atoms with Crippen LogP contribution in [-0.2, 0) is 10.9 Å². The van der Waals surface area contributed by atoms with Gasteiger partial charge < -0.3 is 20.3 Å². The Hall–Kier alpha value is -1.87. The van der Waals surface area contributed by atoms with E-state index in [0.717, 1.165) is 18.9 Å². The maximum absolute atomic E-state index is 13.4. The molecule has 2 rings (SSSR count). The number of hydrogen-bond donors (Lipinski definition) is 2. The molecule has 1 aliphatic heterocycles. The highest BCUT2D eigenvalue weighted by atomic mass is 19.4. The number of benzene rings is 1. The molecule has 1 saturated heterocycles. The van der Waals surface area contributed by atoms with Crippen LogP contribution in [0, 0.1) is 5.82 Å². The average molecular weight is 363 g/mol. The van der Waals surface area contributed by atoms with Crippen molar-refractivity contribution in [2.45, 2.75) is 24.6 Å². The Morgan fingerprint density at radius 2 is 1.88 bits per heavy atom. The maximum atomic E-state index is 13.4. The van der Waals surface area contributed by atoms with E-state index in [2.05, 4.69) is 10.6 Å². The smallest absolute Gasteiger partial charge is 0.381 e. The van der Waals surface area contributed by atoms with Crippen molar-refractivity contribution < 1.29 is 27.1 Å². The minimum atomic E-state index is -4.69. The minimum Gasteiger partial charge on any atom is -0.381 e. The summed E-state index contributed by atoms with van der Waals surface area (Å²) in [5.74, 6) is -1.07. The Bertz CT molecular complexity index is 614. The lowest BCUT2D eigenvalue weighted by Gasteiger charge is -2.42. The van der Waals surface area contributed by atoms with Gasteiger partial charge >= 0.3 is 12.2 Å². The third-order valence-electron chi connectivity index (χ3n) is 4.43. The number of hydrogen-bond acceptors (Lipinski definition) is 3. The third kappa shape index (κ3) is 5.05. The maximum Gasteiger partial charge on any atom is 0.416 e. The second-order valence-corrected chi connectivity index (χ2v) is 6.27. The number of nitrogens with zero attached hydrogens (tertiary/aromatic N) is 1. The number of halogens is 4. The lowest BCUT2D eigenvalue weighted by molar-refractivity contribution is -0.137. The van der Waals surface area contributed by atoms with Crippen molar-refractivity contribution in [2.75, 3.05) is 39.2 Å². The van der Waals surface area contributed by atoms with Gasteiger partial charge in [0.2, 0.25) is 0 Å². The number of likely N-dealkylation sites (N-methyl/N-ethyl adjacent to an activating group) is 1. The number of nitrogens with one attached hydrogen (secondary N) is 2. The van der Waals surface area contributed by atoms with Gasteiger partial charge in [-0.25, -0.2) is 9.18 Å². The average Bonchev–Trinajstić information content (AvgIpc) is 2.52. The summed E-state index contributed by atoms with van der Waals surface area (Å²) in [7, 11) is 3.79. The molecule has 0 spiro atoms. The van der Waals surface area contributed by atoms with Crippen LogP contribution in [0.25, 0.3) is 0 Å². The molecule has 0 aromatic heterocycles. The molecule has 140 valence electrons.